The monoisotopic (exact) mass is 375 g/mol. The number of benzene rings is 2. The third-order valence-electron chi connectivity index (χ3n) is 4.63. The molecule has 0 aliphatic rings. The van der Waals surface area contributed by atoms with E-state index >= 15 is 0 Å². The number of amides is 1. The van der Waals surface area contributed by atoms with Gasteiger partial charge in [-0.3, -0.25) is 9.59 Å². The number of hydrogen-bond acceptors (Lipinski definition) is 4. The van der Waals surface area contributed by atoms with E-state index in [2.05, 4.69) is 10.3 Å². The number of carbonyl (C=O) groups excluding carboxylic acids is 1. The Morgan fingerprint density at radius 1 is 1.25 bits per heavy atom. The van der Waals surface area contributed by atoms with Crippen LogP contribution in [0.25, 0.3) is 10.9 Å². The van der Waals surface area contributed by atoms with Crippen molar-refractivity contribution in [3.05, 3.63) is 69.5 Å². The number of para-hydroxylation sites is 2. The van der Waals surface area contributed by atoms with Crippen LogP contribution >= 0.6 is 0 Å². The summed E-state index contributed by atoms with van der Waals surface area (Å²) >= 11 is 0. The number of H-pyrrole nitrogens is 1. The van der Waals surface area contributed by atoms with E-state index in [0.717, 1.165) is 22.0 Å². The molecule has 1 heterocycles. The van der Waals surface area contributed by atoms with E-state index < -0.39 is 11.8 Å². The van der Waals surface area contributed by atoms with Gasteiger partial charge in [0.05, 0.1) is 24.4 Å². The van der Waals surface area contributed by atoms with Crippen molar-refractivity contribution < 1.29 is 9.53 Å². The lowest BCUT2D eigenvalue weighted by atomic mass is 9.98. The van der Waals surface area contributed by atoms with Crippen LogP contribution in [0.15, 0.2) is 47.3 Å². The van der Waals surface area contributed by atoms with Crippen molar-refractivity contribution in [1.82, 2.24) is 4.98 Å². The molecule has 1 amide bonds. The Morgan fingerprint density at radius 2 is 2.00 bits per heavy atom. The Labute approximate surface area is 162 Å². The van der Waals surface area contributed by atoms with Gasteiger partial charge in [0, 0.05) is 12.0 Å². The van der Waals surface area contributed by atoms with Gasteiger partial charge in [-0.1, -0.05) is 23.8 Å². The highest BCUT2D eigenvalue weighted by molar-refractivity contribution is 5.95. The maximum absolute atomic E-state index is 12.6. The second-order valence-electron chi connectivity index (χ2n) is 6.75. The third-order valence-corrected chi connectivity index (χ3v) is 4.63. The van der Waals surface area contributed by atoms with Gasteiger partial charge >= 0.3 is 0 Å². The average Bonchev–Trinajstić information content (AvgIpc) is 2.67. The van der Waals surface area contributed by atoms with Crippen molar-refractivity contribution in [3.63, 3.8) is 0 Å². The third kappa shape index (κ3) is 3.89. The molecule has 1 aromatic heterocycles. The van der Waals surface area contributed by atoms with Crippen LogP contribution in [0.1, 0.15) is 16.7 Å². The van der Waals surface area contributed by atoms with Gasteiger partial charge in [0.25, 0.3) is 5.56 Å². The fourth-order valence-corrected chi connectivity index (χ4v) is 3.27. The molecule has 0 bridgehead atoms. The quantitative estimate of drug-likeness (QED) is 0.714. The van der Waals surface area contributed by atoms with E-state index in [-0.39, 0.29) is 12.0 Å². The first kappa shape index (κ1) is 19.2. The summed E-state index contributed by atoms with van der Waals surface area (Å²) in [5.74, 6) is -0.983. The largest absolute Gasteiger partial charge is 0.495 e. The Kier molecular flexibility index (Phi) is 5.46. The summed E-state index contributed by atoms with van der Waals surface area (Å²) in [5.41, 5.74) is 3.42. The number of ether oxygens (including phenoxy) is 1. The summed E-state index contributed by atoms with van der Waals surface area (Å²) < 4.78 is 5.21. The number of anilines is 1. The molecule has 142 valence electrons. The molecular formula is C22H21N3O3. The average molecular weight is 375 g/mol. The topological polar surface area (TPSA) is 95.0 Å². The molecule has 0 aliphatic heterocycles. The van der Waals surface area contributed by atoms with E-state index in [1.807, 2.05) is 32.0 Å². The number of aromatic nitrogens is 1. The molecule has 3 aromatic rings. The zero-order chi connectivity index (χ0) is 20.3. The second kappa shape index (κ2) is 7.97. The van der Waals surface area contributed by atoms with Crippen molar-refractivity contribution >= 4 is 22.5 Å². The summed E-state index contributed by atoms with van der Waals surface area (Å²) in [4.78, 5) is 28.0. The highest BCUT2D eigenvalue weighted by Crippen LogP contribution is 2.24. The molecule has 0 fully saturated rings. The smallest absolute Gasteiger partial charge is 0.251 e. The highest BCUT2D eigenvalue weighted by Gasteiger charge is 2.21. The fraction of sp³-hybridized carbons (Fsp3) is 0.227. The van der Waals surface area contributed by atoms with Crippen LogP contribution in [0.5, 0.6) is 5.75 Å². The number of fused-ring (bicyclic) bond motifs is 1. The molecule has 0 saturated heterocycles. The van der Waals surface area contributed by atoms with Crippen molar-refractivity contribution in [2.75, 3.05) is 12.4 Å². The lowest BCUT2D eigenvalue weighted by Crippen LogP contribution is -2.26. The molecule has 6 nitrogen and oxygen atoms in total. The van der Waals surface area contributed by atoms with Gasteiger partial charge in [-0.05, 0) is 49.1 Å². The van der Waals surface area contributed by atoms with Gasteiger partial charge in [0.15, 0.2) is 0 Å². The van der Waals surface area contributed by atoms with Gasteiger partial charge in [0.2, 0.25) is 5.91 Å². The number of hydrogen-bond donors (Lipinski definition) is 2. The molecule has 0 unspecified atom stereocenters. The zero-order valence-corrected chi connectivity index (χ0v) is 16.0. The number of aromatic amines is 1. The standard InChI is InChI=1S/C22H21N3O3/c1-13-8-14(2)20-15(9-13)10-16(21(26)25-20)11-17(12-23)22(27)24-18-6-4-5-7-19(18)28-3/h4-10,17H,11H2,1-3H3,(H,24,27)(H,25,26)/t17-/m0/s1. The first-order valence-electron chi connectivity index (χ1n) is 8.89. The molecule has 28 heavy (non-hydrogen) atoms. The maximum atomic E-state index is 12.6. The fourth-order valence-electron chi connectivity index (χ4n) is 3.27. The summed E-state index contributed by atoms with van der Waals surface area (Å²) in [6.45, 7) is 3.92. The van der Waals surface area contributed by atoms with Crippen molar-refractivity contribution in [3.8, 4) is 11.8 Å². The Morgan fingerprint density at radius 3 is 2.71 bits per heavy atom. The SMILES string of the molecule is COc1ccccc1NC(=O)[C@H](C#N)Cc1cc2cc(C)cc(C)c2[nH]c1=O. The van der Waals surface area contributed by atoms with Gasteiger partial charge in [-0.2, -0.15) is 5.26 Å². The summed E-state index contributed by atoms with van der Waals surface area (Å²) in [7, 11) is 1.51. The zero-order valence-electron chi connectivity index (χ0n) is 16.0. The van der Waals surface area contributed by atoms with Crippen LogP contribution < -0.4 is 15.6 Å². The molecule has 0 saturated carbocycles. The number of nitrogens with one attached hydrogen (secondary N) is 2. The van der Waals surface area contributed by atoms with Crippen LogP contribution in [-0.2, 0) is 11.2 Å². The molecule has 0 aliphatic carbocycles. The van der Waals surface area contributed by atoms with Gasteiger partial charge < -0.3 is 15.0 Å². The lowest BCUT2D eigenvalue weighted by Gasteiger charge is -2.13. The maximum Gasteiger partial charge on any atom is 0.251 e. The number of methoxy groups -OCH3 is 1. The minimum Gasteiger partial charge on any atom is -0.495 e. The van der Waals surface area contributed by atoms with Crippen LogP contribution in [0, 0.1) is 31.1 Å². The Hall–Kier alpha value is -3.59. The van der Waals surface area contributed by atoms with Crippen molar-refractivity contribution in [1.29, 1.82) is 5.26 Å². The molecular weight excluding hydrogens is 354 g/mol. The number of nitriles is 1. The number of rotatable bonds is 5. The van der Waals surface area contributed by atoms with Crippen molar-refractivity contribution in [2.24, 2.45) is 5.92 Å². The van der Waals surface area contributed by atoms with Gasteiger partial charge in [-0.25, -0.2) is 0 Å². The molecule has 0 radical (unpaired) electrons. The minimum atomic E-state index is -1.01. The first-order valence-corrected chi connectivity index (χ1v) is 8.89. The van der Waals surface area contributed by atoms with E-state index in [0.29, 0.717) is 17.0 Å². The Bertz CT molecular complexity index is 1140. The highest BCUT2D eigenvalue weighted by atomic mass is 16.5. The molecule has 1 atom stereocenters. The van der Waals surface area contributed by atoms with Gasteiger partial charge in [-0.15, -0.1) is 0 Å². The second-order valence-corrected chi connectivity index (χ2v) is 6.75. The van der Waals surface area contributed by atoms with Crippen LogP contribution in [0.2, 0.25) is 0 Å². The van der Waals surface area contributed by atoms with E-state index in [9.17, 15) is 14.9 Å². The predicted octanol–water partition coefficient (Wildman–Crippen LogP) is 3.47. The number of carbonyl (C=O) groups is 1. The summed E-state index contributed by atoms with van der Waals surface area (Å²) in [6, 6.07) is 14.7. The summed E-state index contributed by atoms with van der Waals surface area (Å²) in [6.07, 6.45) is 0.0236. The normalized spacial score (nSPS) is 11.6. The van der Waals surface area contributed by atoms with E-state index in [1.165, 1.54) is 7.11 Å². The summed E-state index contributed by atoms with van der Waals surface area (Å²) in [5, 5.41) is 13.1. The number of aryl methyl sites for hydroxylation is 2. The first-order chi connectivity index (χ1) is 13.4. The molecule has 0 spiro atoms. The number of pyridine rings is 1. The Balaban J connectivity index is 1.88. The predicted molar refractivity (Wildman–Crippen MR) is 108 cm³/mol. The molecule has 2 N–H and O–H groups in total. The minimum absolute atomic E-state index is 0.0236. The van der Waals surface area contributed by atoms with Crippen LogP contribution in [0.4, 0.5) is 5.69 Å². The molecule has 2 aromatic carbocycles. The van der Waals surface area contributed by atoms with Gasteiger partial charge in [0.1, 0.15) is 11.7 Å². The number of nitrogens with zero attached hydrogens (tertiary/aromatic N) is 1. The van der Waals surface area contributed by atoms with E-state index in [1.54, 1.807) is 30.3 Å². The van der Waals surface area contributed by atoms with Crippen molar-refractivity contribution in [2.45, 2.75) is 20.3 Å². The van der Waals surface area contributed by atoms with Crippen LogP contribution in [-0.4, -0.2) is 18.0 Å². The van der Waals surface area contributed by atoms with Crippen LogP contribution in [0.3, 0.4) is 0 Å². The van der Waals surface area contributed by atoms with E-state index in [4.69, 9.17) is 4.74 Å². The molecule has 3 rings (SSSR count). The lowest BCUT2D eigenvalue weighted by molar-refractivity contribution is -0.118. The molecule has 6 heteroatoms.